The van der Waals surface area contributed by atoms with E-state index in [-0.39, 0.29) is 11.6 Å². The van der Waals surface area contributed by atoms with Crippen molar-refractivity contribution in [3.8, 4) is 11.4 Å². The van der Waals surface area contributed by atoms with Gasteiger partial charge < -0.3 is 15.2 Å². The van der Waals surface area contributed by atoms with Crippen molar-refractivity contribution in [2.24, 2.45) is 0 Å². The molecule has 0 amide bonds. The number of pyridine rings is 1. The predicted octanol–water partition coefficient (Wildman–Crippen LogP) is 3.64. The third kappa shape index (κ3) is 4.90. The highest BCUT2D eigenvalue weighted by atomic mass is 16.1. The predicted molar refractivity (Wildman–Crippen MR) is 116 cm³/mol. The lowest BCUT2D eigenvalue weighted by Gasteiger charge is -2.25. The second-order valence-electron chi connectivity index (χ2n) is 7.49. The topological polar surface area (TPSA) is 73.9 Å². The average Bonchev–Trinajstić information content (AvgIpc) is 3.27. The van der Waals surface area contributed by atoms with Crippen molar-refractivity contribution in [2.45, 2.75) is 32.2 Å². The highest BCUT2D eigenvalue weighted by Gasteiger charge is 2.19. The molecule has 2 N–H and O–H groups in total. The maximum absolute atomic E-state index is 11.8. The molecule has 1 saturated heterocycles. The van der Waals surface area contributed by atoms with E-state index in [1.807, 2.05) is 25.1 Å². The minimum absolute atomic E-state index is 0.135. The number of nitrogens with one attached hydrogen (secondary N) is 2. The highest BCUT2D eigenvalue weighted by Crippen LogP contribution is 2.23. The monoisotopic (exact) mass is 389 g/mol. The first-order valence-corrected chi connectivity index (χ1v) is 10.3. The van der Waals surface area contributed by atoms with Crippen LogP contribution in [0.25, 0.3) is 11.4 Å². The number of H-pyrrole nitrogens is 1. The number of aromatic nitrogens is 3. The van der Waals surface area contributed by atoms with Gasteiger partial charge in [-0.1, -0.05) is 37.3 Å². The first kappa shape index (κ1) is 19.3. The van der Waals surface area contributed by atoms with E-state index in [2.05, 4.69) is 49.4 Å². The quantitative estimate of drug-likeness (QED) is 0.645. The van der Waals surface area contributed by atoms with Gasteiger partial charge in [0.25, 0.3) is 5.56 Å². The largest absolute Gasteiger partial charge is 0.362 e. The number of benzene rings is 1. The summed E-state index contributed by atoms with van der Waals surface area (Å²) in [4.78, 5) is 26.2. The Morgan fingerprint density at radius 3 is 2.62 bits per heavy atom. The zero-order chi connectivity index (χ0) is 20.1. The van der Waals surface area contributed by atoms with Crippen molar-refractivity contribution >= 4 is 5.82 Å². The molecule has 0 bridgehead atoms. The molecule has 2 aromatic heterocycles. The van der Waals surface area contributed by atoms with Crippen molar-refractivity contribution in [1.29, 1.82) is 0 Å². The van der Waals surface area contributed by atoms with Crippen LogP contribution in [0.3, 0.4) is 0 Å². The van der Waals surface area contributed by atoms with Crippen LogP contribution < -0.4 is 10.9 Å². The minimum atomic E-state index is -0.135. The Balaban J connectivity index is 1.53. The summed E-state index contributed by atoms with van der Waals surface area (Å²) in [5.41, 5.74) is 2.70. The standard InChI is InChI=1S/C23H27N5O/c1-2-19-14-22(29)27-23(25-19)18-10-11-21(24-15-18)26-20(16-28-12-6-7-13-28)17-8-4-3-5-9-17/h3-5,8-11,14-15,20H,2,6-7,12-13,16H2,1H3,(H,24,26)(H,25,27,29). The number of likely N-dealkylation sites (tertiary alicyclic amines) is 1. The van der Waals surface area contributed by atoms with Crippen LogP contribution in [0, 0.1) is 0 Å². The minimum Gasteiger partial charge on any atom is -0.362 e. The molecule has 1 aromatic carbocycles. The van der Waals surface area contributed by atoms with E-state index in [4.69, 9.17) is 0 Å². The van der Waals surface area contributed by atoms with E-state index in [9.17, 15) is 4.79 Å². The molecule has 1 fully saturated rings. The van der Waals surface area contributed by atoms with Crippen LogP contribution in [0.2, 0.25) is 0 Å². The summed E-state index contributed by atoms with van der Waals surface area (Å²) in [5.74, 6) is 1.38. The Kier molecular flexibility index (Phi) is 6.00. The molecule has 0 radical (unpaired) electrons. The van der Waals surface area contributed by atoms with Crippen LogP contribution in [-0.2, 0) is 6.42 Å². The second-order valence-corrected chi connectivity index (χ2v) is 7.49. The summed E-state index contributed by atoms with van der Waals surface area (Å²) in [6, 6.07) is 16.1. The number of hydrogen-bond donors (Lipinski definition) is 2. The average molecular weight is 390 g/mol. The third-order valence-corrected chi connectivity index (χ3v) is 5.36. The number of hydrogen-bond acceptors (Lipinski definition) is 5. The van der Waals surface area contributed by atoms with Gasteiger partial charge in [0, 0.05) is 30.1 Å². The fourth-order valence-electron chi connectivity index (χ4n) is 3.77. The molecule has 6 nitrogen and oxygen atoms in total. The Bertz CT molecular complexity index is 978. The molecular weight excluding hydrogens is 362 g/mol. The van der Waals surface area contributed by atoms with Crippen LogP contribution in [0.4, 0.5) is 5.82 Å². The van der Waals surface area contributed by atoms with E-state index in [0.717, 1.165) is 43.1 Å². The van der Waals surface area contributed by atoms with E-state index in [0.29, 0.717) is 5.82 Å². The molecule has 150 valence electrons. The maximum Gasteiger partial charge on any atom is 0.251 e. The van der Waals surface area contributed by atoms with E-state index in [1.165, 1.54) is 24.5 Å². The van der Waals surface area contributed by atoms with Gasteiger partial charge in [-0.15, -0.1) is 0 Å². The molecule has 0 saturated carbocycles. The Morgan fingerprint density at radius 1 is 1.14 bits per heavy atom. The van der Waals surface area contributed by atoms with Crippen molar-refractivity contribution < 1.29 is 0 Å². The third-order valence-electron chi connectivity index (χ3n) is 5.36. The first-order valence-electron chi connectivity index (χ1n) is 10.3. The lowest BCUT2D eigenvalue weighted by Crippen LogP contribution is -2.29. The lowest BCUT2D eigenvalue weighted by atomic mass is 10.1. The van der Waals surface area contributed by atoms with Gasteiger partial charge in [-0.3, -0.25) is 4.79 Å². The number of aromatic amines is 1. The summed E-state index contributed by atoms with van der Waals surface area (Å²) < 4.78 is 0. The van der Waals surface area contributed by atoms with Crippen molar-refractivity contribution in [3.05, 3.63) is 76.3 Å². The molecule has 3 heterocycles. The van der Waals surface area contributed by atoms with Crippen molar-refractivity contribution in [2.75, 3.05) is 25.0 Å². The lowest BCUT2D eigenvalue weighted by molar-refractivity contribution is 0.323. The molecule has 1 unspecified atom stereocenters. The Labute approximate surface area is 171 Å². The van der Waals surface area contributed by atoms with Crippen LogP contribution >= 0.6 is 0 Å². The molecule has 0 aliphatic carbocycles. The van der Waals surface area contributed by atoms with Gasteiger partial charge in [-0.2, -0.15) is 0 Å². The van der Waals surface area contributed by atoms with Crippen molar-refractivity contribution in [1.82, 2.24) is 19.9 Å². The van der Waals surface area contributed by atoms with E-state index < -0.39 is 0 Å². The number of nitrogens with zero attached hydrogens (tertiary/aromatic N) is 3. The van der Waals surface area contributed by atoms with Crippen LogP contribution in [0.1, 0.15) is 37.1 Å². The van der Waals surface area contributed by atoms with Crippen LogP contribution in [-0.4, -0.2) is 39.5 Å². The van der Waals surface area contributed by atoms with Gasteiger partial charge in [-0.25, -0.2) is 9.97 Å². The second kappa shape index (κ2) is 9.01. The zero-order valence-electron chi connectivity index (χ0n) is 16.8. The molecular formula is C23H27N5O. The van der Waals surface area contributed by atoms with Gasteiger partial charge in [0.2, 0.25) is 0 Å². The molecule has 4 rings (SSSR count). The molecule has 1 aliphatic heterocycles. The smallest absolute Gasteiger partial charge is 0.251 e. The van der Waals surface area contributed by atoms with Gasteiger partial charge >= 0.3 is 0 Å². The molecule has 29 heavy (non-hydrogen) atoms. The molecule has 0 spiro atoms. The van der Waals surface area contributed by atoms with Gasteiger partial charge in [0.1, 0.15) is 11.6 Å². The fraction of sp³-hybridized carbons (Fsp3) is 0.348. The summed E-state index contributed by atoms with van der Waals surface area (Å²) in [6.07, 6.45) is 5.03. The van der Waals surface area contributed by atoms with Gasteiger partial charge in [0.15, 0.2) is 0 Å². The number of rotatable bonds is 7. The Morgan fingerprint density at radius 2 is 1.93 bits per heavy atom. The SMILES string of the molecule is CCc1cc(=O)[nH]c(-c2ccc(NC(CN3CCCC3)c3ccccc3)nc2)n1. The van der Waals surface area contributed by atoms with Crippen molar-refractivity contribution in [3.63, 3.8) is 0 Å². The van der Waals surface area contributed by atoms with Crippen LogP contribution in [0.15, 0.2) is 59.5 Å². The zero-order valence-corrected chi connectivity index (χ0v) is 16.8. The fourth-order valence-corrected chi connectivity index (χ4v) is 3.77. The molecule has 1 aliphatic rings. The highest BCUT2D eigenvalue weighted by molar-refractivity contribution is 5.56. The van der Waals surface area contributed by atoms with Gasteiger partial charge in [0.05, 0.1) is 6.04 Å². The summed E-state index contributed by atoms with van der Waals surface area (Å²) >= 11 is 0. The normalized spacial score (nSPS) is 15.3. The summed E-state index contributed by atoms with van der Waals surface area (Å²) in [7, 11) is 0. The van der Waals surface area contributed by atoms with E-state index in [1.54, 1.807) is 6.20 Å². The first-order chi connectivity index (χ1) is 14.2. The molecule has 3 aromatic rings. The maximum atomic E-state index is 11.8. The van der Waals surface area contributed by atoms with E-state index >= 15 is 0 Å². The summed E-state index contributed by atoms with van der Waals surface area (Å²) in [6.45, 7) is 5.26. The van der Waals surface area contributed by atoms with Gasteiger partial charge in [-0.05, 0) is 50.0 Å². The molecule has 1 atom stereocenters. The summed E-state index contributed by atoms with van der Waals surface area (Å²) in [5, 5.41) is 3.59. The number of anilines is 1. The molecule has 6 heteroatoms. The Hall–Kier alpha value is -2.99. The number of aryl methyl sites for hydroxylation is 1. The van der Waals surface area contributed by atoms with Crippen LogP contribution in [0.5, 0.6) is 0 Å².